The quantitative estimate of drug-likeness (QED) is 0.750. The molecule has 0 amide bonds. The minimum absolute atomic E-state index is 0.0348. The van der Waals surface area contributed by atoms with Crippen LogP contribution in [0.3, 0.4) is 0 Å². The van der Waals surface area contributed by atoms with Gasteiger partial charge in [-0.15, -0.1) is 0 Å². The maximum Gasteiger partial charge on any atom is 0.167 e. The Morgan fingerprint density at radius 1 is 1.27 bits per heavy atom. The van der Waals surface area contributed by atoms with Crippen molar-refractivity contribution in [2.24, 2.45) is 17.6 Å². The summed E-state index contributed by atoms with van der Waals surface area (Å²) in [5.74, 6) is 0.644. The Morgan fingerprint density at radius 2 is 1.87 bits per heavy atom. The molecule has 0 aliphatic rings. The molecule has 1 atom stereocenters. The third-order valence-electron chi connectivity index (χ3n) is 2.47. The predicted octanol–water partition coefficient (Wildman–Crippen LogP) is 2.49. The van der Waals surface area contributed by atoms with Crippen LogP contribution in [0.4, 0.5) is 0 Å². The standard InChI is InChI=1S/C13H19NO/c1-10(2)8-12(9-14)13(15)11-6-4-3-5-7-11/h3-7,10,12H,8-9,14H2,1-2H3. The highest BCUT2D eigenvalue weighted by Gasteiger charge is 2.19. The Kier molecular flexibility index (Phi) is 4.50. The molecule has 1 aromatic carbocycles. The second-order valence-electron chi connectivity index (χ2n) is 4.29. The van der Waals surface area contributed by atoms with E-state index in [4.69, 9.17) is 5.73 Å². The minimum atomic E-state index is -0.0348. The number of nitrogens with two attached hydrogens (primary N) is 1. The normalized spacial score (nSPS) is 12.8. The van der Waals surface area contributed by atoms with Gasteiger partial charge in [0.2, 0.25) is 0 Å². The van der Waals surface area contributed by atoms with Gasteiger partial charge in [-0.2, -0.15) is 0 Å². The monoisotopic (exact) mass is 205 g/mol. The van der Waals surface area contributed by atoms with Gasteiger partial charge >= 0.3 is 0 Å². The molecule has 0 saturated carbocycles. The molecule has 1 rings (SSSR count). The highest BCUT2D eigenvalue weighted by atomic mass is 16.1. The molecule has 0 aromatic heterocycles. The molecule has 0 heterocycles. The summed E-state index contributed by atoms with van der Waals surface area (Å²) in [5.41, 5.74) is 6.41. The van der Waals surface area contributed by atoms with Crippen molar-refractivity contribution in [1.29, 1.82) is 0 Å². The van der Waals surface area contributed by atoms with Gasteiger partial charge in [0, 0.05) is 18.0 Å². The van der Waals surface area contributed by atoms with Gasteiger partial charge in [0.1, 0.15) is 0 Å². The zero-order valence-electron chi connectivity index (χ0n) is 9.44. The van der Waals surface area contributed by atoms with Crippen molar-refractivity contribution in [3.05, 3.63) is 35.9 Å². The van der Waals surface area contributed by atoms with Crippen LogP contribution < -0.4 is 5.73 Å². The van der Waals surface area contributed by atoms with Gasteiger partial charge in [-0.25, -0.2) is 0 Å². The average Bonchev–Trinajstić information content (AvgIpc) is 2.26. The first kappa shape index (κ1) is 11.9. The van der Waals surface area contributed by atoms with Gasteiger partial charge in [0.25, 0.3) is 0 Å². The van der Waals surface area contributed by atoms with Crippen LogP contribution >= 0.6 is 0 Å². The lowest BCUT2D eigenvalue weighted by Crippen LogP contribution is -2.25. The molecule has 82 valence electrons. The van der Waals surface area contributed by atoms with Crippen LogP contribution in [0.25, 0.3) is 0 Å². The van der Waals surface area contributed by atoms with Crippen molar-refractivity contribution in [3.63, 3.8) is 0 Å². The molecule has 0 saturated heterocycles. The maximum absolute atomic E-state index is 12.0. The van der Waals surface area contributed by atoms with E-state index in [1.54, 1.807) is 0 Å². The molecule has 15 heavy (non-hydrogen) atoms. The number of rotatable bonds is 5. The van der Waals surface area contributed by atoms with Gasteiger partial charge in [0.05, 0.1) is 0 Å². The van der Waals surface area contributed by atoms with E-state index in [9.17, 15) is 4.79 Å². The number of hydrogen-bond donors (Lipinski definition) is 1. The van der Waals surface area contributed by atoms with Crippen molar-refractivity contribution in [2.75, 3.05) is 6.54 Å². The molecule has 2 heteroatoms. The topological polar surface area (TPSA) is 43.1 Å². The summed E-state index contributed by atoms with van der Waals surface area (Å²) in [4.78, 5) is 12.0. The number of carbonyl (C=O) groups excluding carboxylic acids is 1. The maximum atomic E-state index is 12.0. The van der Waals surface area contributed by atoms with Gasteiger partial charge in [-0.1, -0.05) is 44.2 Å². The van der Waals surface area contributed by atoms with E-state index in [0.717, 1.165) is 12.0 Å². The van der Waals surface area contributed by atoms with Crippen LogP contribution in [0.1, 0.15) is 30.6 Å². The number of Topliss-reactive ketones (excluding diaryl/α,β-unsaturated/α-hetero) is 1. The van der Waals surface area contributed by atoms with Crippen LogP contribution in [0, 0.1) is 11.8 Å². The number of hydrogen-bond acceptors (Lipinski definition) is 2. The number of benzene rings is 1. The molecule has 0 spiro atoms. The lowest BCUT2D eigenvalue weighted by atomic mass is 9.90. The van der Waals surface area contributed by atoms with Crippen molar-refractivity contribution in [2.45, 2.75) is 20.3 Å². The van der Waals surface area contributed by atoms with E-state index in [-0.39, 0.29) is 11.7 Å². The van der Waals surface area contributed by atoms with Crippen molar-refractivity contribution >= 4 is 5.78 Å². The molecule has 0 bridgehead atoms. The zero-order valence-corrected chi connectivity index (χ0v) is 9.44. The van der Waals surface area contributed by atoms with Crippen LogP contribution in [0.5, 0.6) is 0 Å². The molecular formula is C13H19NO. The largest absolute Gasteiger partial charge is 0.330 e. The van der Waals surface area contributed by atoms with E-state index in [1.165, 1.54) is 0 Å². The summed E-state index contributed by atoms with van der Waals surface area (Å²) < 4.78 is 0. The van der Waals surface area contributed by atoms with Crippen molar-refractivity contribution in [3.8, 4) is 0 Å². The van der Waals surface area contributed by atoms with E-state index >= 15 is 0 Å². The molecular weight excluding hydrogens is 186 g/mol. The zero-order chi connectivity index (χ0) is 11.3. The van der Waals surface area contributed by atoms with Crippen LogP contribution in [-0.4, -0.2) is 12.3 Å². The lowest BCUT2D eigenvalue weighted by molar-refractivity contribution is 0.0909. The fourth-order valence-corrected chi connectivity index (χ4v) is 1.72. The minimum Gasteiger partial charge on any atom is -0.330 e. The Bertz CT molecular complexity index is 306. The van der Waals surface area contributed by atoms with E-state index < -0.39 is 0 Å². The molecule has 1 aromatic rings. The Balaban J connectivity index is 2.74. The predicted molar refractivity (Wildman–Crippen MR) is 62.8 cm³/mol. The summed E-state index contributed by atoms with van der Waals surface area (Å²) in [5, 5.41) is 0. The molecule has 1 unspecified atom stereocenters. The SMILES string of the molecule is CC(C)CC(CN)C(=O)c1ccccc1. The fourth-order valence-electron chi connectivity index (χ4n) is 1.72. The Hall–Kier alpha value is -1.15. The van der Waals surface area contributed by atoms with Crippen molar-refractivity contribution < 1.29 is 4.79 Å². The summed E-state index contributed by atoms with van der Waals surface area (Å²) in [6.07, 6.45) is 0.865. The summed E-state index contributed by atoms with van der Waals surface area (Å²) >= 11 is 0. The van der Waals surface area contributed by atoms with Gasteiger partial charge < -0.3 is 5.73 Å². The van der Waals surface area contributed by atoms with E-state index in [0.29, 0.717) is 12.5 Å². The molecule has 0 aliphatic carbocycles. The summed E-state index contributed by atoms with van der Waals surface area (Å²) in [6.45, 7) is 4.66. The molecule has 2 N–H and O–H groups in total. The first-order valence-corrected chi connectivity index (χ1v) is 5.44. The fraction of sp³-hybridized carbons (Fsp3) is 0.462. The molecule has 0 radical (unpaired) electrons. The summed E-state index contributed by atoms with van der Waals surface area (Å²) in [7, 11) is 0. The second-order valence-corrected chi connectivity index (χ2v) is 4.29. The van der Waals surface area contributed by atoms with Gasteiger partial charge in [0.15, 0.2) is 5.78 Å². The van der Waals surface area contributed by atoms with E-state index in [1.807, 2.05) is 30.3 Å². The highest BCUT2D eigenvalue weighted by molar-refractivity contribution is 5.97. The molecule has 0 aliphatic heterocycles. The number of carbonyl (C=O) groups is 1. The first-order valence-electron chi connectivity index (χ1n) is 5.44. The highest BCUT2D eigenvalue weighted by Crippen LogP contribution is 2.16. The van der Waals surface area contributed by atoms with Crippen LogP contribution in [-0.2, 0) is 0 Å². The second kappa shape index (κ2) is 5.66. The van der Waals surface area contributed by atoms with Crippen LogP contribution in [0.2, 0.25) is 0 Å². The third-order valence-corrected chi connectivity index (χ3v) is 2.47. The Morgan fingerprint density at radius 3 is 2.33 bits per heavy atom. The van der Waals surface area contributed by atoms with Crippen LogP contribution in [0.15, 0.2) is 30.3 Å². The lowest BCUT2D eigenvalue weighted by Gasteiger charge is -2.15. The van der Waals surface area contributed by atoms with E-state index in [2.05, 4.69) is 13.8 Å². The van der Waals surface area contributed by atoms with Gasteiger partial charge in [-0.05, 0) is 12.3 Å². The summed E-state index contributed by atoms with van der Waals surface area (Å²) in [6, 6.07) is 9.39. The molecule has 2 nitrogen and oxygen atoms in total. The van der Waals surface area contributed by atoms with Gasteiger partial charge in [-0.3, -0.25) is 4.79 Å². The molecule has 0 fully saturated rings. The van der Waals surface area contributed by atoms with Crippen molar-refractivity contribution in [1.82, 2.24) is 0 Å². The average molecular weight is 205 g/mol. The third kappa shape index (κ3) is 3.48. The smallest absolute Gasteiger partial charge is 0.167 e. The Labute approximate surface area is 91.5 Å². The number of ketones is 1. The first-order chi connectivity index (χ1) is 7.15.